The molecule has 0 spiro atoms. The second-order valence-corrected chi connectivity index (χ2v) is 9.86. The molecule has 2 aliphatic carbocycles. The van der Waals surface area contributed by atoms with Crippen LogP contribution in [0, 0.1) is 23.6 Å². The summed E-state index contributed by atoms with van der Waals surface area (Å²) < 4.78 is 20.2. The van der Waals surface area contributed by atoms with Gasteiger partial charge in [0.05, 0.1) is 11.6 Å². The Balaban J connectivity index is 1.53. The lowest BCUT2D eigenvalue weighted by molar-refractivity contribution is 0.187. The molecule has 0 bridgehead atoms. The summed E-state index contributed by atoms with van der Waals surface area (Å²) in [4.78, 5) is 0. The fourth-order valence-electron chi connectivity index (χ4n) is 5.38. The van der Waals surface area contributed by atoms with Gasteiger partial charge in [0.2, 0.25) is 0 Å². The first-order chi connectivity index (χ1) is 14.6. The van der Waals surface area contributed by atoms with Gasteiger partial charge in [-0.3, -0.25) is 0 Å². The quantitative estimate of drug-likeness (QED) is 0.333. The smallest absolute Gasteiger partial charge is 0.184 e. The van der Waals surface area contributed by atoms with Crippen molar-refractivity contribution >= 4 is 17.2 Å². The maximum absolute atomic E-state index is 14.7. The lowest BCUT2D eigenvalue weighted by Gasteiger charge is -2.35. The number of benzene rings is 1. The highest BCUT2D eigenvalue weighted by Crippen LogP contribution is 2.43. The van der Waals surface area contributed by atoms with E-state index in [1.165, 1.54) is 63.4 Å². The Kier molecular flexibility index (Phi) is 9.56. The monoisotopic (exact) mass is 434 g/mol. The molecule has 0 aromatic heterocycles. The molecule has 1 unspecified atom stereocenters. The average Bonchev–Trinajstić information content (AvgIpc) is 2.78. The third kappa shape index (κ3) is 6.25. The van der Waals surface area contributed by atoms with Crippen LogP contribution in [-0.2, 0) is 0 Å². The second kappa shape index (κ2) is 12.1. The van der Waals surface area contributed by atoms with Crippen molar-refractivity contribution in [1.29, 1.82) is 0 Å². The molecule has 3 rings (SSSR count). The van der Waals surface area contributed by atoms with Crippen LogP contribution in [0.15, 0.2) is 18.2 Å². The lowest BCUT2D eigenvalue weighted by Crippen LogP contribution is -2.23. The molecule has 30 heavy (non-hydrogen) atoms. The van der Waals surface area contributed by atoms with Crippen molar-refractivity contribution in [1.82, 2.24) is 0 Å². The molecule has 0 radical (unpaired) electrons. The van der Waals surface area contributed by atoms with Crippen LogP contribution in [0.4, 0.5) is 4.39 Å². The van der Waals surface area contributed by atoms with Crippen molar-refractivity contribution in [3.05, 3.63) is 34.6 Å². The Morgan fingerprint density at radius 2 is 1.73 bits per heavy atom. The van der Waals surface area contributed by atoms with E-state index in [4.69, 9.17) is 16.3 Å². The maximum atomic E-state index is 14.7. The third-order valence-corrected chi connectivity index (χ3v) is 7.74. The summed E-state index contributed by atoms with van der Waals surface area (Å²) >= 11 is 6.40. The zero-order valence-electron chi connectivity index (χ0n) is 19.0. The molecular formula is C27H40ClFO. The molecule has 0 aliphatic heterocycles. The van der Waals surface area contributed by atoms with E-state index in [0.29, 0.717) is 6.61 Å². The van der Waals surface area contributed by atoms with E-state index in [1.54, 1.807) is 6.07 Å². The van der Waals surface area contributed by atoms with E-state index in [1.807, 2.05) is 6.07 Å². The van der Waals surface area contributed by atoms with Gasteiger partial charge in [0, 0.05) is 0 Å². The zero-order chi connectivity index (χ0) is 21.3. The van der Waals surface area contributed by atoms with Crippen LogP contribution < -0.4 is 4.74 Å². The summed E-state index contributed by atoms with van der Waals surface area (Å²) in [7, 11) is 0. The van der Waals surface area contributed by atoms with E-state index < -0.39 is 5.82 Å². The standard InChI is InChI=1S/C27H40ClFO/c1-3-5-7-8-20-9-11-21(12-10-20)22-13-15-23(16-14-22)24-17-18-25(27(29)26(24)28)30-19-6-4-2/h15,17-18,20-22H,3-14,16,19H2,1-2H3. The van der Waals surface area contributed by atoms with Gasteiger partial charge in [-0.15, -0.1) is 0 Å². The number of rotatable bonds is 10. The van der Waals surface area contributed by atoms with Crippen LogP contribution in [-0.4, -0.2) is 6.61 Å². The van der Waals surface area contributed by atoms with E-state index in [9.17, 15) is 4.39 Å². The zero-order valence-corrected chi connectivity index (χ0v) is 19.8. The Hall–Kier alpha value is -1.02. The molecule has 2 aliphatic rings. The van der Waals surface area contributed by atoms with Crippen LogP contribution in [0.25, 0.3) is 5.57 Å². The largest absolute Gasteiger partial charge is 0.490 e. The Morgan fingerprint density at radius 1 is 0.967 bits per heavy atom. The van der Waals surface area contributed by atoms with Crippen molar-refractivity contribution in [3.8, 4) is 5.75 Å². The normalized spacial score (nSPS) is 24.5. The van der Waals surface area contributed by atoms with E-state index in [-0.39, 0.29) is 10.8 Å². The molecule has 0 N–H and O–H groups in total. The molecule has 168 valence electrons. The highest BCUT2D eigenvalue weighted by molar-refractivity contribution is 6.32. The van der Waals surface area contributed by atoms with E-state index in [0.717, 1.165) is 49.0 Å². The Bertz CT molecular complexity index is 690. The molecule has 0 heterocycles. The molecule has 1 atom stereocenters. The van der Waals surface area contributed by atoms with Gasteiger partial charge in [0.1, 0.15) is 0 Å². The minimum absolute atomic E-state index is 0.223. The van der Waals surface area contributed by atoms with Crippen molar-refractivity contribution in [2.45, 2.75) is 97.3 Å². The number of allylic oxidation sites excluding steroid dienone is 2. The van der Waals surface area contributed by atoms with Crippen molar-refractivity contribution < 1.29 is 9.13 Å². The van der Waals surface area contributed by atoms with Gasteiger partial charge in [-0.05, 0) is 79.5 Å². The van der Waals surface area contributed by atoms with E-state index in [2.05, 4.69) is 19.9 Å². The lowest BCUT2D eigenvalue weighted by atomic mass is 9.70. The van der Waals surface area contributed by atoms with Gasteiger partial charge >= 0.3 is 0 Å². The molecule has 3 heteroatoms. The average molecular weight is 435 g/mol. The maximum Gasteiger partial charge on any atom is 0.184 e. The summed E-state index contributed by atoms with van der Waals surface area (Å²) in [6.07, 6.45) is 18.9. The highest BCUT2D eigenvalue weighted by atomic mass is 35.5. The van der Waals surface area contributed by atoms with Crippen LogP contribution in [0.3, 0.4) is 0 Å². The number of ether oxygens (including phenoxy) is 1. The molecule has 1 saturated carbocycles. The first-order valence-electron chi connectivity index (χ1n) is 12.4. The van der Waals surface area contributed by atoms with Gasteiger partial charge < -0.3 is 4.74 Å². The van der Waals surface area contributed by atoms with Crippen LogP contribution in [0.1, 0.15) is 103 Å². The van der Waals surface area contributed by atoms with Crippen molar-refractivity contribution in [3.63, 3.8) is 0 Å². The third-order valence-electron chi connectivity index (χ3n) is 7.37. The van der Waals surface area contributed by atoms with Gasteiger partial charge in [-0.2, -0.15) is 0 Å². The van der Waals surface area contributed by atoms with Crippen molar-refractivity contribution in [2.75, 3.05) is 6.61 Å². The van der Waals surface area contributed by atoms with Gasteiger partial charge in [-0.25, -0.2) is 4.39 Å². The number of halogens is 2. The molecule has 1 fully saturated rings. The van der Waals surface area contributed by atoms with Gasteiger partial charge in [0.15, 0.2) is 11.6 Å². The minimum Gasteiger partial charge on any atom is -0.490 e. The number of hydrogen-bond donors (Lipinski definition) is 0. The first-order valence-corrected chi connectivity index (χ1v) is 12.8. The van der Waals surface area contributed by atoms with Crippen LogP contribution in [0.2, 0.25) is 5.02 Å². The number of hydrogen-bond acceptors (Lipinski definition) is 1. The second-order valence-electron chi connectivity index (χ2n) is 9.48. The molecule has 1 nitrogen and oxygen atoms in total. The minimum atomic E-state index is -0.408. The van der Waals surface area contributed by atoms with Gasteiger partial charge in [-0.1, -0.05) is 76.5 Å². The van der Waals surface area contributed by atoms with Gasteiger partial charge in [0.25, 0.3) is 0 Å². The topological polar surface area (TPSA) is 9.23 Å². The first kappa shape index (κ1) is 23.6. The fraction of sp³-hybridized carbons (Fsp3) is 0.704. The predicted molar refractivity (Wildman–Crippen MR) is 127 cm³/mol. The molecular weight excluding hydrogens is 395 g/mol. The highest BCUT2D eigenvalue weighted by Gasteiger charge is 2.29. The Labute approximate surface area is 188 Å². The SMILES string of the molecule is CCCCCC1CCC(C2CC=C(c3ccc(OCCCC)c(F)c3Cl)CC2)CC1. The molecule has 1 aromatic rings. The Morgan fingerprint density at radius 3 is 2.40 bits per heavy atom. The summed E-state index contributed by atoms with van der Waals surface area (Å²) in [6, 6.07) is 3.69. The molecule has 1 aromatic carbocycles. The van der Waals surface area contributed by atoms with Crippen LogP contribution >= 0.6 is 11.6 Å². The van der Waals surface area contributed by atoms with Crippen molar-refractivity contribution in [2.24, 2.45) is 17.8 Å². The summed E-state index contributed by atoms with van der Waals surface area (Å²) in [6.45, 7) is 4.92. The molecule has 0 saturated heterocycles. The van der Waals surface area contributed by atoms with Crippen LogP contribution in [0.5, 0.6) is 5.75 Å². The summed E-state index contributed by atoms with van der Waals surface area (Å²) in [5.74, 6) is 2.52. The van der Waals surface area contributed by atoms with E-state index >= 15 is 0 Å². The fourth-order valence-corrected chi connectivity index (χ4v) is 5.65. The summed E-state index contributed by atoms with van der Waals surface area (Å²) in [5.41, 5.74) is 2.07. The number of unbranched alkanes of at least 4 members (excludes halogenated alkanes) is 3. The summed E-state index contributed by atoms with van der Waals surface area (Å²) in [5, 5.41) is 0.223. The molecule has 0 amide bonds. The predicted octanol–water partition coefficient (Wildman–Crippen LogP) is 9.23.